The number of phenolic OH excluding ortho intramolecular Hbond substituents is 1. The van der Waals surface area contributed by atoms with Crippen LogP contribution in [0.4, 0.5) is 0 Å². The van der Waals surface area contributed by atoms with E-state index in [1.165, 1.54) is 61.7 Å². The Balaban J connectivity index is 1.68. The van der Waals surface area contributed by atoms with Crippen LogP contribution in [0.25, 0.3) is 33.4 Å². The van der Waals surface area contributed by atoms with Crippen LogP contribution in [-0.4, -0.2) is 34.9 Å². The Morgan fingerprint density at radius 3 is 2.16 bits per heavy atom. The summed E-state index contributed by atoms with van der Waals surface area (Å²) in [4.78, 5) is 50.1. The van der Waals surface area contributed by atoms with E-state index in [0.717, 1.165) is 6.07 Å². The SMILES string of the molecule is COc1ccc(C(=O)C(=O)c2ccc(-c3c4ccc(=O)cc-4oc4cc(O)ccc34)c(C(=O)O)c2)cc1. The summed E-state index contributed by atoms with van der Waals surface area (Å²) in [5.41, 5.74) is 0.912. The van der Waals surface area contributed by atoms with Gasteiger partial charge in [0.15, 0.2) is 5.43 Å². The van der Waals surface area contributed by atoms with Crippen LogP contribution in [0.1, 0.15) is 31.1 Å². The zero-order valence-corrected chi connectivity index (χ0v) is 19.3. The molecule has 0 saturated heterocycles. The van der Waals surface area contributed by atoms with Crippen molar-refractivity contribution in [2.45, 2.75) is 0 Å². The van der Waals surface area contributed by atoms with Gasteiger partial charge in [0.2, 0.25) is 11.6 Å². The quantitative estimate of drug-likeness (QED) is 0.191. The van der Waals surface area contributed by atoms with Gasteiger partial charge in [0, 0.05) is 39.8 Å². The van der Waals surface area contributed by atoms with E-state index in [9.17, 15) is 29.4 Å². The molecule has 0 fully saturated rings. The van der Waals surface area contributed by atoms with Crippen LogP contribution < -0.4 is 10.2 Å². The Hall–Kier alpha value is -5.24. The Labute approximate surface area is 209 Å². The first-order valence-corrected chi connectivity index (χ1v) is 11.1. The number of Topliss-reactive ketones (excluding diaryl/α,β-unsaturated/α-hetero) is 2. The number of ether oxygens (including phenoxy) is 1. The summed E-state index contributed by atoms with van der Waals surface area (Å²) < 4.78 is 10.9. The molecular formula is C29H18O8. The maximum absolute atomic E-state index is 13.0. The fourth-order valence-corrected chi connectivity index (χ4v) is 4.23. The molecule has 5 rings (SSSR count). The number of rotatable bonds is 6. The molecule has 8 heteroatoms. The van der Waals surface area contributed by atoms with E-state index in [0.29, 0.717) is 22.3 Å². The monoisotopic (exact) mass is 494 g/mol. The predicted molar refractivity (Wildman–Crippen MR) is 135 cm³/mol. The number of carboxylic acids is 1. The highest BCUT2D eigenvalue weighted by atomic mass is 16.5. The summed E-state index contributed by atoms with van der Waals surface area (Å²) in [6, 6.07) is 18.5. The number of benzene rings is 4. The van der Waals surface area contributed by atoms with Crippen molar-refractivity contribution in [3.8, 4) is 33.9 Å². The lowest BCUT2D eigenvalue weighted by Gasteiger charge is -2.17. The minimum atomic E-state index is -1.32. The van der Waals surface area contributed by atoms with Gasteiger partial charge in [-0.15, -0.1) is 0 Å². The number of carbonyl (C=O) groups is 3. The summed E-state index contributed by atoms with van der Waals surface area (Å²) in [5.74, 6) is -2.32. The smallest absolute Gasteiger partial charge is 0.336 e. The molecule has 0 aromatic heterocycles. The van der Waals surface area contributed by atoms with Gasteiger partial charge in [-0.25, -0.2) is 4.79 Å². The first kappa shape index (κ1) is 23.5. The highest BCUT2D eigenvalue weighted by Gasteiger charge is 2.25. The number of hydrogen-bond donors (Lipinski definition) is 2. The van der Waals surface area contributed by atoms with Crippen molar-refractivity contribution in [2.75, 3.05) is 7.11 Å². The third-order valence-corrected chi connectivity index (χ3v) is 6.02. The molecule has 1 aliphatic carbocycles. The normalized spacial score (nSPS) is 10.9. The van der Waals surface area contributed by atoms with Crippen LogP contribution in [0.2, 0.25) is 0 Å². The molecule has 0 radical (unpaired) electrons. The standard InChI is InChI=1S/C29H18O8/c1-36-19-7-2-15(3-8-19)27(32)28(33)16-4-9-20(23(12-16)29(34)35)26-21-10-5-17(30)13-24(21)37-25-14-18(31)6-11-22(25)26/h2-14,30H,1H3,(H,34,35). The van der Waals surface area contributed by atoms with Crippen molar-refractivity contribution < 1.29 is 33.8 Å². The fourth-order valence-electron chi connectivity index (χ4n) is 4.23. The fraction of sp³-hybridized carbons (Fsp3) is 0.0345. The van der Waals surface area contributed by atoms with Crippen molar-refractivity contribution in [1.82, 2.24) is 0 Å². The predicted octanol–water partition coefficient (Wildman–Crippen LogP) is 5.04. The molecule has 0 bridgehead atoms. The van der Waals surface area contributed by atoms with E-state index in [4.69, 9.17) is 9.15 Å². The van der Waals surface area contributed by atoms with Gasteiger partial charge < -0.3 is 19.4 Å². The zero-order valence-electron chi connectivity index (χ0n) is 19.3. The van der Waals surface area contributed by atoms with Crippen LogP contribution in [0.3, 0.4) is 0 Å². The first-order valence-electron chi connectivity index (χ1n) is 11.1. The average Bonchev–Trinajstić information content (AvgIpc) is 2.90. The Morgan fingerprint density at radius 1 is 0.784 bits per heavy atom. The summed E-state index contributed by atoms with van der Waals surface area (Å²) in [7, 11) is 1.48. The van der Waals surface area contributed by atoms with E-state index < -0.39 is 17.5 Å². The van der Waals surface area contributed by atoms with Gasteiger partial charge in [-0.3, -0.25) is 14.4 Å². The van der Waals surface area contributed by atoms with Crippen LogP contribution in [0, 0.1) is 0 Å². The Bertz CT molecular complexity index is 1750. The van der Waals surface area contributed by atoms with E-state index in [1.54, 1.807) is 18.2 Å². The number of methoxy groups -OCH3 is 1. The van der Waals surface area contributed by atoms with Crippen molar-refractivity contribution >= 4 is 28.5 Å². The molecule has 1 heterocycles. The van der Waals surface area contributed by atoms with E-state index in [-0.39, 0.29) is 44.8 Å². The molecule has 37 heavy (non-hydrogen) atoms. The molecule has 2 N–H and O–H groups in total. The zero-order chi connectivity index (χ0) is 26.3. The van der Waals surface area contributed by atoms with Crippen LogP contribution in [0.5, 0.6) is 11.5 Å². The number of carboxylic acid groups (broad SMARTS) is 1. The average molecular weight is 494 g/mol. The topological polar surface area (TPSA) is 131 Å². The summed E-state index contributed by atoms with van der Waals surface area (Å²) in [6.07, 6.45) is 0. The second-order valence-electron chi connectivity index (χ2n) is 8.27. The minimum Gasteiger partial charge on any atom is -0.508 e. The van der Waals surface area contributed by atoms with E-state index in [1.807, 2.05) is 0 Å². The molecule has 182 valence electrons. The maximum atomic E-state index is 13.0. The second kappa shape index (κ2) is 9.09. The number of aromatic hydroxyl groups is 1. The van der Waals surface area contributed by atoms with Crippen molar-refractivity contribution in [3.05, 3.63) is 106 Å². The Morgan fingerprint density at radius 2 is 1.46 bits per heavy atom. The third-order valence-electron chi connectivity index (χ3n) is 6.02. The molecule has 0 atom stereocenters. The van der Waals surface area contributed by atoms with Gasteiger partial charge in [-0.1, -0.05) is 12.1 Å². The summed E-state index contributed by atoms with van der Waals surface area (Å²) >= 11 is 0. The van der Waals surface area contributed by atoms with Crippen LogP contribution in [-0.2, 0) is 0 Å². The van der Waals surface area contributed by atoms with Gasteiger partial charge in [0.05, 0.1) is 12.7 Å². The summed E-state index contributed by atoms with van der Waals surface area (Å²) in [6.45, 7) is 0. The van der Waals surface area contributed by atoms with Gasteiger partial charge in [-0.05, 0) is 60.2 Å². The molecule has 0 amide bonds. The molecule has 0 spiro atoms. The molecule has 0 unspecified atom stereocenters. The number of fused-ring (bicyclic) bond motifs is 2. The molecule has 0 saturated carbocycles. The largest absolute Gasteiger partial charge is 0.508 e. The molecule has 8 nitrogen and oxygen atoms in total. The van der Waals surface area contributed by atoms with Crippen LogP contribution in [0.15, 0.2) is 88.1 Å². The molecule has 3 aromatic carbocycles. The lowest BCUT2D eigenvalue weighted by atomic mass is 9.89. The molecule has 3 aromatic rings. The number of hydrogen-bond acceptors (Lipinski definition) is 7. The number of ketones is 2. The lowest BCUT2D eigenvalue weighted by molar-refractivity contribution is 0.0697. The van der Waals surface area contributed by atoms with Gasteiger partial charge >= 0.3 is 5.97 Å². The van der Waals surface area contributed by atoms with E-state index in [2.05, 4.69) is 0 Å². The lowest BCUT2D eigenvalue weighted by Crippen LogP contribution is -2.15. The number of phenols is 1. The highest BCUT2D eigenvalue weighted by molar-refractivity contribution is 6.49. The minimum absolute atomic E-state index is 0.0729. The second-order valence-corrected chi connectivity index (χ2v) is 8.27. The summed E-state index contributed by atoms with van der Waals surface area (Å²) in [5, 5.41) is 20.5. The van der Waals surface area contributed by atoms with Gasteiger partial charge in [-0.2, -0.15) is 0 Å². The van der Waals surface area contributed by atoms with E-state index >= 15 is 0 Å². The molecule has 1 aliphatic heterocycles. The number of carbonyl (C=O) groups excluding carboxylic acids is 2. The van der Waals surface area contributed by atoms with Gasteiger partial charge in [0.1, 0.15) is 22.8 Å². The molecule has 2 aliphatic rings. The first-order chi connectivity index (χ1) is 17.8. The van der Waals surface area contributed by atoms with Crippen molar-refractivity contribution in [1.29, 1.82) is 0 Å². The van der Waals surface area contributed by atoms with Crippen molar-refractivity contribution in [3.63, 3.8) is 0 Å². The highest BCUT2D eigenvalue weighted by Crippen LogP contribution is 2.42. The molecular weight excluding hydrogens is 476 g/mol. The Kier molecular flexibility index (Phi) is 5.77. The third kappa shape index (κ3) is 4.21. The number of aromatic carboxylic acids is 1. The maximum Gasteiger partial charge on any atom is 0.336 e. The van der Waals surface area contributed by atoms with Crippen molar-refractivity contribution in [2.24, 2.45) is 0 Å². The van der Waals surface area contributed by atoms with Gasteiger partial charge in [0.25, 0.3) is 0 Å². The van der Waals surface area contributed by atoms with Crippen LogP contribution >= 0.6 is 0 Å².